The van der Waals surface area contributed by atoms with E-state index in [0.717, 1.165) is 11.3 Å². The average Bonchev–Trinajstić information content (AvgIpc) is 2.76. The number of nitrogens with two attached hydrogens (primary N) is 1. The van der Waals surface area contributed by atoms with Crippen molar-refractivity contribution in [1.29, 1.82) is 0 Å². The molecule has 10 heteroatoms. The van der Waals surface area contributed by atoms with Crippen LogP contribution in [0.5, 0.6) is 0 Å². The molecule has 1 rings (SSSR count). The van der Waals surface area contributed by atoms with E-state index >= 15 is 0 Å². The molecule has 0 aliphatic rings. The highest BCUT2D eigenvalue weighted by Gasteiger charge is 2.30. The smallest absolute Gasteiger partial charge is 0.350 e. The molecule has 0 saturated carbocycles. The lowest BCUT2D eigenvalue weighted by atomic mass is 10.1. The molecule has 0 fully saturated rings. The molecule has 0 aromatic carbocycles. The van der Waals surface area contributed by atoms with Crippen molar-refractivity contribution in [2.45, 2.75) is 19.4 Å². The first-order valence-electron chi connectivity index (χ1n) is 5.47. The molecule has 0 bridgehead atoms. The molecule has 0 atom stereocenters. The van der Waals surface area contributed by atoms with Gasteiger partial charge in [0.25, 0.3) is 5.91 Å². The van der Waals surface area contributed by atoms with Crippen LogP contribution in [0.4, 0.5) is 5.13 Å². The summed E-state index contributed by atoms with van der Waals surface area (Å²) < 4.78 is 0. The number of oxime groups is 1. The number of carboxylic acid groups (broad SMARTS) is 1. The molecule has 0 unspecified atom stereocenters. The number of aliphatic carboxylic acids is 1. The van der Waals surface area contributed by atoms with Gasteiger partial charge in [-0.15, -0.1) is 11.3 Å². The van der Waals surface area contributed by atoms with E-state index in [1.807, 2.05) is 0 Å². The molecule has 0 spiro atoms. The third-order valence-electron chi connectivity index (χ3n) is 2.12. The van der Waals surface area contributed by atoms with Crippen molar-refractivity contribution in [3.05, 3.63) is 11.1 Å². The van der Waals surface area contributed by atoms with Crippen LogP contribution in [0.2, 0.25) is 0 Å². The summed E-state index contributed by atoms with van der Waals surface area (Å²) in [5.74, 6) is -1.74. The minimum atomic E-state index is -1.56. The molecular weight excluding hydrogens is 299 g/mol. The summed E-state index contributed by atoms with van der Waals surface area (Å²) in [5.41, 5.74) is 4.04. The number of rotatable bonds is 6. The Hall–Kier alpha value is -1.63. The summed E-state index contributed by atoms with van der Waals surface area (Å²) in [7, 11) is 0. The van der Waals surface area contributed by atoms with Crippen LogP contribution in [0.15, 0.2) is 10.5 Å². The second kappa shape index (κ2) is 6.70. The first-order chi connectivity index (χ1) is 9.27. The average molecular weight is 312 g/mol. The maximum atomic E-state index is 11.9. The van der Waals surface area contributed by atoms with E-state index in [1.54, 1.807) is 0 Å². The van der Waals surface area contributed by atoms with Crippen molar-refractivity contribution in [3.63, 3.8) is 0 Å². The van der Waals surface area contributed by atoms with Gasteiger partial charge in [0.2, 0.25) is 5.60 Å². The van der Waals surface area contributed by atoms with Gasteiger partial charge in [-0.3, -0.25) is 4.79 Å². The highest BCUT2D eigenvalue weighted by atomic mass is 32.1. The molecule has 1 heterocycles. The van der Waals surface area contributed by atoms with Crippen LogP contribution in [0, 0.1) is 0 Å². The number of carbonyl (C=O) groups excluding carboxylic acids is 1. The lowest BCUT2D eigenvalue weighted by molar-refractivity contribution is -0.161. The Bertz CT molecular complexity index is 543. The van der Waals surface area contributed by atoms with E-state index in [-0.39, 0.29) is 16.5 Å². The number of thiazole rings is 1. The van der Waals surface area contributed by atoms with Gasteiger partial charge in [-0.1, -0.05) is 10.6 Å². The molecule has 0 saturated heterocycles. The number of anilines is 1. The molecule has 20 heavy (non-hydrogen) atoms. The quantitative estimate of drug-likeness (QED) is 0.371. The zero-order chi connectivity index (χ0) is 15.3. The summed E-state index contributed by atoms with van der Waals surface area (Å²) in [5, 5.41) is 17.2. The second-order valence-electron chi connectivity index (χ2n) is 4.13. The van der Waals surface area contributed by atoms with Crippen molar-refractivity contribution in [2.75, 3.05) is 11.1 Å². The molecule has 106 valence electrons. The third kappa shape index (κ3) is 4.19. The number of nitrogen functional groups attached to an aromatic ring is 1. The minimum absolute atomic E-state index is 0.130. The van der Waals surface area contributed by atoms with E-state index in [4.69, 9.17) is 15.7 Å². The minimum Gasteiger partial charge on any atom is -0.478 e. The van der Waals surface area contributed by atoms with Crippen LogP contribution in [-0.4, -0.2) is 55.0 Å². The van der Waals surface area contributed by atoms with Gasteiger partial charge in [-0.25, -0.2) is 9.78 Å². The SMILES string of the molecule is CC(C)(O/N=C(\C(=O)N[CH2][Al])c1csc(N)n1)C(=O)O. The second-order valence-corrected chi connectivity index (χ2v) is 5.43. The summed E-state index contributed by atoms with van der Waals surface area (Å²) >= 11 is 3.46. The highest BCUT2D eigenvalue weighted by Crippen LogP contribution is 2.15. The number of hydrogen-bond acceptors (Lipinski definition) is 7. The normalized spacial score (nSPS) is 12.0. The lowest BCUT2D eigenvalue weighted by Crippen LogP contribution is -2.36. The van der Waals surface area contributed by atoms with Gasteiger partial charge < -0.3 is 21.0 Å². The maximum Gasteiger partial charge on any atom is 0.350 e. The molecule has 4 N–H and O–H groups in total. The van der Waals surface area contributed by atoms with E-state index in [1.165, 1.54) is 19.2 Å². The topological polar surface area (TPSA) is 127 Å². The molecule has 1 aromatic rings. The first-order valence-corrected chi connectivity index (χ1v) is 7.16. The number of nitrogens with zero attached hydrogens (tertiary/aromatic N) is 2. The van der Waals surface area contributed by atoms with Crippen LogP contribution in [0.25, 0.3) is 0 Å². The molecule has 0 aliphatic heterocycles. The fourth-order valence-corrected chi connectivity index (χ4v) is 1.71. The van der Waals surface area contributed by atoms with Gasteiger partial charge in [0, 0.05) is 5.38 Å². The number of nitrogens with one attached hydrogen (secondary N) is 1. The fraction of sp³-hybridized carbons (Fsp3) is 0.400. The van der Waals surface area contributed by atoms with Crippen LogP contribution in [-0.2, 0) is 14.4 Å². The van der Waals surface area contributed by atoms with Gasteiger partial charge in [0.1, 0.15) is 5.69 Å². The van der Waals surface area contributed by atoms with E-state index in [9.17, 15) is 9.59 Å². The highest BCUT2D eigenvalue weighted by molar-refractivity contribution is 7.13. The molecule has 2 radical (unpaired) electrons. The van der Waals surface area contributed by atoms with Gasteiger partial charge in [-0.2, -0.15) is 0 Å². The largest absolute Gasteiger partial charge is 0.478 e. The van der Waals surface area contributed by atoms with Crippen LogP contribution >= 0.6 is 11.3 Å². The molecule has 8 nitrogen and oxygen atoms in total. The molecular formula is C10H13AlN4O4S. The van der Waals surface area contributed by atoms with Crippen LogP contribution < -0.4 is 11.1 Å². The Morgan fingerprint density at radius 1 is 1.65 bits per heavy atom. The van der Waals surface area contributed by atoms with Crippen molar-refractivity contribution in [1.82, 2.24) is 10.3 Å². The Labute approximate surface area is 127 Å². The maximum absolute atomic E-state index is 11.9. The van der Waals surface area contributed by atoms with Crippen LogP contribution in [0.3, 0.4) is 0 Å². The predicted octanol–water partition coefficient (Wildman–Crippen LogP) is -0.449. The monoisotopic (exact) mass is 312 g/mol. The summed E-state index contributed by atoms with van der Waals surface area (Å²) in [6.07, 6.45) is 0. The summed E-state index contributed by atoms with van der Waals surface area (Å²) in [6.45, 7) is 2.64. The van der Waals surface area contributed by atoms with Crippen molar-refractivity contribution in [3.8, 4) is 0 Å². The summed E-state index contributed by atoms with van der Waals surface area (Å²) in [6, 6.07) is 0. The third-order valence-corrected chi connectivity index (χ3v) is 3.00. The van der Waals surface area contributed by atoms with Crippen molar-refractivity contribution >= 4 is 50.3 Å². The number of amides is 1. The Kier molecular flexibility index (Phi) is 5.50. The Morgan fingerprint density at radius 3 is 2.75 bits per heavy atom. The number of carbonyl (C=O) groups is 2. The molecule has 1 amide bonds. The standard InChI is InChI=1S/C10H13N4O4S.Al/c1-10(2,8(16)17)18-14-6(7(15)12-3)5-4-19-9(11)13-5;/h4H,3H2,1-2H3,(H2,11,13)(H,12,15)(H,16,17);/b14-6-;. The van der Waals surface area contributed by atoms with Gasteiger partial charge >= 0.3 is 5.97 Å². The van der Waals surface area contributed by atoms with Crippen molar-refractivity contribution < 1.29 is 19.5 Å². The van der Waals surface area contributed by atoms with E-state index < -0.39 is 17.5 Å². The van der Waals surface area contributed by atoms with Gasteiger partial charge in [0.15, 0.2) is 27.1 Å². The summed E-state index contributed by atoms with van der Waals surface area (Å²) in [4.78, 5) is 31.7. The number of aromatic nitrogens is 1. The molecule has 1 aromatic heterocycles. The zero-order valence-electron chi connectivity index (χ0n) is 10.9. The van der Waals surface area contributed by atoms with Gasteiger partial charge in [-0.05, 0) is 13.8 Å². The zero-order valence-corrected chi connectivity index (χ0v) is 12.9. The Morgan fingerprint density at radius 2 is 2.30 bits per heavy atom. The van der Waals surface area contributed by atoms with E-state index in [0.29, 0.717) is 5.41 Å². The first kappa shape index (κ1) is 16.4. The number of hydrogen-bond donors (Lipinski definition) is 3. The van der Waals surface area contributed by atoms with Crippen LogP contribution in [0.1, 0.15) is 19.5 Å². The lowest BCUT2D eigenvalue weighted by Gasteiger charge is -2.17. The number of carboxylic acids is 1. The predicted molar refractivity (Wildman–Crippen MR) is 74.6 cm³/mol. The molecule has 0 aliphatic carbocycles. The van der Waals surface area contributed by atoms with Gasteiger partial charge in [0.05, 0.1) is 0 Å². The van der Waals surface area contributed by atoms with Crippen molar-refractivity contribution in [2.24, 2.45) is 5.16 Å². The van der Waals surface area contributed by atoms with E-state index in [2.05, 4.69) is 31.7 Å². The fourth-order valence-electron chi connectivity index (χ4n) is 0.976. The Balaban J connectivity index is 3.05.